The summed E-state index contributed by atoms with van der Waals surface area (Å²) in [5.41, 5.74) is 0.0386. The average Bonchev–Trinajstić information content (AvgIpc) is 3.38. The van der Waals surface area contributed by atoms with Crippen molar-refractivity contribution < 1.29 is 4.79 Å². The smallest absolute Gasteiger partial charge is 0.249 e. The molecule has 1 N–H and O–H groups in total. The van der Waals surface area contributed by atoms with E-state index in [1.807, 2.05) is 11.1 Å². The Morgan fingerprint density at radius 1 is 1.12 bits per heavy atom. The molecule has 2 saturated heterocycles. The molecule has 4 rings (SSSR count). The van der Waals surface area contributed by atoms with Crippen molar-refractivity contribution in [2.75, 3.05) is 19.6 Å². The predicted octanol–water partition coefficient (Wildman–Crippen LogP) is 1.31. The van der Waals surface area contributed by atoms with Crippen molar-refractivity contribution in [3.05, 3.63) is 42.5 Å². The van der Waals surface area contributed by atoms with Gasteiger partial charge in [-0.15, -0.1) is 0 Å². The molecule has 0 spiro atoms. The highest BCUT2D eigenvalue weighted by Gasteiger charge is 2.52. The number of hydrogen-bond acceptors (Lipinski definition) is 5. The molecule has 1 unspecified atom stereocenters. The summed E-state index contributed by atoms with van der Waals surface area (Å²) in [6.07, 6.45) is 12.6. The van der Waals surface area contributed by atoms with Gasteiger partial charge in [-0.25, -0.2) is 4.98 Å². The van der Waals surface area contributed by atoms with Crippen molar-refractivity contribution in [2.45, 2.75) is 37.8 Å². The highest BCUT2D eigenvalue weighted by atomic mass is 16.2. The molecule has 0 aromatic carbocycles. The Balaban J connectivity index is 1.73. The van der Waals surface area contributed by atoms with Crippen molar-refractivity contribution in [2.24, 2.45) is 0 Å². The van der Waals surface area contributed by atoms with Crippen LogP contribution < -0.4 is 0 Å². The van der Waals surface area contributed by atoms with E-state index < -0.39 is 5.54 Å². The van der Waals surface area contributed by atoms with E-state index in [4.69, 9.17) is 0 Å². The lowest BCUT2D eigenvalue weighted by molar-refractivity contribution is -0.143. The molecule has 24 heavy (non-hydrogen) atoms. The Hall–Kier alpha value is -2.28. The predicted molar refractivity (Wildman–Crippen MR) is 87.8 cm³/mol. The zero-order valence-electron chi connectivity index (χ0n) is 13.7. The number of nitrogens with zero attached hydrogens (tertiary/aromatic N) is 5. The molecule has 1 atom stereocenters. The van der Waals surface area contributed by atoms with Crippen molar-refractivity contribution in [1.82, 2.24) is 29.7 Å². The van der Waals surface area contributed by atoms with Gasteiger partial charge in [-0.3, -0.25) is 19.7 Å². The molecule has 0 saturated carbocycles. The number of imidazole rings is 1. The quantitative estimate of drug-likeness (QED) is 0.917. The van der Waals surface area contributed by atoms with E-state index in [9.17, 15) is 4.79 Å². The number of likely N-dealkylation sites (tertiary alicyclic amines) is 2. The molecule has 7 nitrogen and oxygen atoms in total. The Morgan fingerprint density at radius 3 is 2.71 bits per heavy atom. The molecule has 0 bridgehead atoms. The molecule has 2 fully saturated rings. The second kappa shape index (κ2) is 6.32. The Labute approximate surface area is 141 Å². The molecular weight excluding hydrogens is 304 g/mol. The third-order valence-electron chi connectivity index (χ3n) is 5.14. The van der Waals surface area contributed by atoms with Gasteiger partial charge >= 0.3 is 0 Å². The standard InChI is InChI=1S/C17H22N6O/c24-16(22-9-1-2-10-22)17(14-12-18-5-6-19-14)4-3-11-23(17)13-15-20-7-8-21-15/h5-8,12H,1-4,9-11,13H2,(H,20,21). The zero-order valence-corrected chi connectivity index (χ0v) is 13.7. The van der Waals surface area contributed by atoms with Gasteiger partial charge in [0.1, 0.15) is 11.4 Å². The molecule has 7 heteroatoms. The number of rotatable bonds is 4. The van der Waals surface area contributed by atoms with Crippen molar-refractivity contribution >= 4 is 5.91 Å². The van der Waals surface area contributed by atoms with Crippen LogP contribution in [0.1, 0.15) is 37.2 Å². The number of amides is 1. The fourth-order valence-corrected chi connectivity index (χ4v) is 3.99. The second-order valence-corrected chi connectivity index (χ2v) is 6.51. The zero-order chi connectivity index (χ0) is 16.4. The van der Waals surface area contributed by atoms with Crippen LogP contribution in [0, 0.1) is 0 Å². The van der Waals surface area contributed by atoms with E-state index >= 15 is 0 Å². The maximum Gasteiger partial charge on any atom is 0.249 e. The Bertz CT molecular complexity index is 682. The highest BCUT2D eigenvalue weighted by molar-refractivity contribution is 5.87. The average molecular weight is 326 g/mol. The third-order valence-corrected chi connectivity index (χ3v) is 5.14. The van der Waals surface area contributed by atoms with Gasteiger partial charge < -0.3 is 9.88 Å². The topological polar surface area (TPSA) is 78.0 Å². The first kappa shape index (κ1) is 15.3. The maximum absolute atomic E-state index is 13.5. The first-order valence-corrected chi connectivity index (χ1v) is 8.60. The van der Waals surface area contributed by atoms with E-state index in [2.05, 4.69) is 24.8 Å². The molecule has 1 amide bonds. The van der Waals surface area contributed by atoms with Crippen LogP contribution in [0.25, 0.3) is 0 Å². The number of H-pyrrole nitrogens is 1. The summed E-state index contributed by atoms with van der Waals surface area (Å²) in [6, 6.07) is 0. The van der Waals surface area contributed by atoms with Crippen LogP contribution in [0.2, 0.25) is 0 Å². The SMILES string of the molecule is O=C(N1CCCC1)C1(c2cnccn2)CCCN1Cc1ncc[nH]1. The van der Waals surface area contributed by atoms with Gasteiger partial charge in [0.25, 0.3) is 0 Å². The number of carbonyl (C=O) groups excluding carboxylic acids is 1. The van der Waals surface area contributed by atoms with E-state index in [1.165, 1.54) is 0 Å². The van der Waals surface area contributed by atoms with Crippen LogP contribution in [-0.2, 0) is 16.9 Å². The van der Waals surface area contributed by atoms with Crippen LogP contribution in [0.3, 0.4) is 0 Å². The van der Waals surface area contributed by atoms with E-state index in [0.717, 1.165) is 56.8 Å². The van der Waals surface area contributed by atoms with Gasteiger partial charge in [-0.2, -0.15) is 0 Å². The van der Waals surface area contributed by atoms with E-state index in [0.29, 0.717) is 6.54 Å². The number of nitrogens with one attached hydrogen (secondary N) is 1. The van der Waals surface area contributed by atoms with Crippen molar-refractivity contribution in [3.63, 3.8) is 0 Å². The molecule has 2 aliphatic rings. The van der Waals surface area contributed by atoms with Crippen molar-refractivity contribution in [1.29, 1.82) is 0 Å². The highest BCUT2D eigenvalue weighted by Crippen LogP contribution is 2.40. The number of aromatic nitrogens is 4. The van der Waals surface area contributed by atoms with Crippen LogP contribution in [0.5, 0.6) is 0 Å². The summed E-state index contributed by atoms with van der Waals surface area (Å²) in [6.45, 7) is 3.16. The lowest BCUT2D eigenvalue weighted by Crippen LogP contribution is -2.54. The monoisotopic (exact) mass is 326 g/mol. The summed E-state index contributed by atoms with van der Waals surface area (Å²) in [7, 11) is 0. The number of carbonyl (C=O) groups is 1. The number of aromatic amines is 1. The van der Waals surface area contributed by atoms with Crippen LogP contribution in [0.15, 0.2) is 31.0 Å². The molecule has 2 aliphatic heterocycles. The normalized spacial score (nSPS) is 24.6. The Kier molecular flexibility index (Phi) is 4.02. The van der Waals surface area contributed by atoms with E-state index in [1.54, 1.807) is 24.8 Å². The maximum atomic E-state index is 13.5. The first-order chi connectivity index (χ1) is 11.8. The Morgan fingerprint density at radius 2 is 2.00 bits per heavy atom. The summed E-state index contributed by atoms with van der Waals surface area (Å²) in [5, 5.41) is 0. The largest absolute Gasteiger partial charge is 0.348 e. The molecule has 126 valence electrons. The molecule has 0 radical (unpaired) electrons. The second-order valence-electron chi connectivity index (χ2n) is 6.51. The minimum absolute atomic E-state index is 0.171. The first-order valence-electron chi connectivity index (χ1n) is 8.60. The van der Waals surface area contributed by atoms with Crippen LogP contribution >= 0.6 is 0 Å². The van der Waals surface area contributed by atoms with Gasteiger partial charge in [-0.1, -0.05) is 0 Å². The fourth-order valence-electron chi connectivity index (χ4n) is 3.99. The summed E-state index contributed by atoms with van der Waals surface area (Å²) >= 11 is 0. The van der Waals surface area contributed by atoms with Crippen LogP contribution in [-0.4, -0.2) is 55.3 Å². The molecule has 4 heterocycles. The molecule has 0 aliphatic carbocycles. The third kappa shape index (κ3) is 2.49. The van der Waals surface area contributed by atoms with Gasteiger partial charge in [0.15, 0.2) is 0 Å². The van der Waals surface area contributed by atoms with Gasteiger partial charge in [0, 0.05) is 44.4 Å². The van der Waals surface area contributed by atoms with Crippen molar-refractivity contribution in [3.8, 4) is 0 Å². The summed E-state index contributed by atoms with van der Waals surface area (Å²) in [4.78, 5) is 33.9. The number of hydrogen-bond donors (Lipinski definition) is 1. The molecule has 2 aromatic heterocycles. The minimum Gasteiger partial charge on any atom is -0.348 e. The minimum atomic E-state index is -0.717. The van der Waals surface area contributed by atoms with E-state index in [-0.39, 0.29) is 5.91 Å². The van der Waals surface area contributed by atoms with Gasteiger partial charge in [0.05, 0.1) is 18.4 Å². The van der Waals surface area contributed by atoms with Gasteiger partial charge in [-0.05, 0) is 25.7 Å². The van der Waals surface area contributed by atoms with Crippen LogP contribution in [0.4, 0.5) is 0 Å². The molecular formula is C17H22N6O. The molecule has 2 aromatic rings. The van der Waals surface area contributed by atoms with Gasteiger partial charge in [0.2, 0.25) is 5.91 Å². The lowest BCUT2D eigenvalue weighted by atomic mass is 9.90. The summed E-state index contributed by atoms with van der Waals surface area (Å²) < 4.78 is 0. The fraction of sp³-hybridized carbons (Fsp3) is 0.529. The summed E-state index contributed by atoms with van der Waals surface area (Å²) in [5.74, 6) is 1.05. The lowest BCUT2D eigenvalue weighted by Gasteiger charge is -2.38.